The highest BCUT2D eigenvalue weighted by atomic mass is 16.1. The van der Waals surface area contributed by atoms with Gasteiger partial charge in [0.2, 0.25) is 5.95 Å². The highest BCUT2D eigenvalue weighted by Gasteiger charge is 2.08. The van der Waals surface area contributed by atoms with E-state index in [1.54, 1.807) is 24.3 Å². The van der Waals surface area contributed by atoms with Crippen LogP contribution in [0.5, 0.6) is 0 Å². The first-order chi connectivity index (χ1) is 13.1. The molecule has 0 spiro atoms. The van der Waals surface area contributed by atoms with Crippen LogP contribution >= 0.6 is 0 Å². The van der Waals surface area contributed by atoms with Crippen LogP contribution < -0.4 is 10.6 Å². The van der Waals surface area contributed by atoms with E-state index in [-0.39, 0.29) is 11.7 Å². The fourth-order valence-corrected chi connectivity index (χ4v) is 2.49. The van der Waals surface area contributed by atoms with E-state index in [1.165, 1.54) is 24.9 Å². The van der Waals surface area contributed by atoms with Gasteiger partial charge in [0.25, 0.3) is 5.91 Å². The van der Waals surface area contributed by atoms with Crippen molar-refractivity contribution in [2.24, 2.45) is 0 Å². The summed E-state index contributed by atoms with van der Waals surface area (Å²) in [5, 5.41) is 5.90. The van der Waals surface area contributed by atoms with E-state index in [4.69, 9.17) is 0 Å². The van der Waals surface area contributed by atoms with Crippen molar-refractivity contribution in [3.05, 3.63) is 83.7 Å². The molecule has 0 aliphatic carbocycles. The number of amides is 1. The minimum atomic E-state index is -0.304. The number of benzene rings is 2. The largest absolute Gasteiger partial charge is 0.354 e. The predicted octanol–water partition coefficient (Wildman–Crippen LogP) is 3.59. The molecule has 2 N–H and O–H groups in total. The molecule has 1 amide bonds. The molecule has 6 nitrogen and oxygen atoms in total. The van der Waals surface area contributed by atoms with E-state index in [0.29, 0.717) is 29.3 Å². The molecule has 0 bridgehead atoms. The van der Waals surface area contributed by atoms with Crippen molar-refractivity contribution < 1.29 is 9.59 Å². The summed E-state index contributed by atoms with van der Waals surface area (Å²) in [7, 11) is 0. The van der Waals surface area contributed by atoms with Crippen LogP contribution in [0.3, 0.4) is 0 Å². The van der Waals surface area contributed by atoms with Crippen LogP contribution in [0.25, 0.3) is 0 Å². The molecule has 136 valence electrons. The molecule has 0 aliphatic rings. The van der Waals surface area contributed by atoms with Crippen LogP contribution in [0, 0.1) is 0 Å². The molecule has 3 aromatic rings. The number of ketones is 1. The number of hydrogen-bond donors (Lipinski definition) is 2. The number of carbonyl (C=O) groups is 2. The predicted molar refractivity (Wildman–Crippen MR) is 105 cm³/mol. The lowest BCUT2D eigenvalue weighted by Crippen LogP contribution is -2.14. The van der Waals surface area contributed by atoms with Crippen LogP contribution in [-0.4, -0.2) is 28.2 Å². The lowest BCUT2D eigenvalue weighted by Gasteiger charge is -2.07. The third kappa shape index (κ3) is 5.22. The van der Waals surface area contributed by atoms with E-state index in [9.17, 15) is 9.59 Å². The first-order valence-corrected chi connectivity index (χ1v) is 8.64. The van der Waals surface area contributed by atoms with Gasteiger partial charge in [0.15, 0.2) is 5.78 Å². The Labute approximate surface area is 157 Å². The summed E-state index contributed by atoms with van der Waals surface area (Å²) >= 11 is 0. The molecule has 0 aliphatic heterocycles. The van der Waals surface area contributed by atoms with Gasteiger partial charge in [-0.2, -0.15) is 0 Å². The lowest BCUT2D eigenvalue weighted by molar-refractivity contribution is 0.101. The summed E-state index contributed by atoms with van der Waals surface area (Å²) in [6.45, 7) is 2.21. The molecule has 27 heavy (non-hydrogen) atoms. The average Bonchev–Trinajstić information content (AvgIpc) is 2.70. The topological polar surface area (TPSA) is 84.0 Å². The minimum Gasteiger partial charge on any atom is -0.354 e. The van der Waals surface area contributed by atoms with E-state index in [2.05, 4.69) is 32.7 Å². The number of rotatable bonds is 7. The Morgan fingerprint density at radius 1 is 0.889 bits per heavy atom. The Bertz CT molecular complexity index is 907. The molecule has 6 heteroatoms. The van der Waals surface area contributed by atoms with Gasteiger partial charge in [0.05, 0.1) is 5.56 Å². The standard InChI is InChI=1S/C21H20N4O2/c1-15(26)17-7-9-19(10-8-17)25-20(27)18-13-23-21(24-14-18)22-12-11-16-5-3-2-4-6-16/h2-10,13-14H,11-12H2,1H3,(H,25,27)(H,22,23,24). The van der Waals surface area contributed by atoms with Gasteiger partial charge in [-0.3, -0.25) is 9.59 Å². The second-order valence-corrected chi connectivity index (χ2v) is 6.05. The molecule has 0 fully saturated rings. The van der Waals surface area contributed by atoms with Crippen LogP contribution in [0.15, 0.2) is 67.0 Å². The number of carbonyl (C=O) groups excluding carboxylic acids is 2. The van der Waals surface area contributed by atoms with Gasteiger partial charge in [-0.05, 0) is 43.2 Å². The van der Waals surface area contributed by atoms with Crippen molar-refractivity contribution >= 4 is 23.3 Å². The Morgan fingerprint density at radius 3 is 2.19 bits per heavy atom. The molecule has 0 radical (unpaired) electrons. The maximum Gasteiger partial charge on any atom is 0.258 e. The molecule has 0 saturated heterocycles. The molecule has 3 rings (SSSR count). The maximum absolute atomic E-state index is 12.3. The SMILES string of the molecule is CC(=O)c1ccc(NC(=O)c2cnc(NCCc3ccccc3)nc2)cc1. The number of nitrogens with zero attached hydrogens (tertiary/aromatic N) is 2. The number of Topliss-reactive ketones (excluding diaryl/α,β-unsaturated/α-hetero) is 1. The van der Waals surface area contributed by atoms with E-state index in [1.807, 2.05) is 18.2 Å². The summed E-state index contributed by atoms with van der Waals surface area (Å²) in [6.07, 6.45) is 3.83. The lowest BCUT2D eigenvalue weighted by atomic mass is 10.1. The third-order valence-corrected chi connectivity index (χ3v) is 4.00. The summed E-state index contributed by atoms with van der Waals surface area (Å²) in [5.74, 6) is 0.159. The molecular weight excluding hydrogens is 340 g/mol. The average molecular weight is 360 g/mol. The normalized spacial score (nSPS) is 10.3. The third-order valence-electron chi connectivity index (χ3n) is 4.00. The highest BCUT2D eigenvalue weighted by molar-refractivity contribution is 6.04. The van der Waals surface area contributed by atoms with Gasteiger partial charge in [-0.15, -0.1) is 0 Å². The second-order valence-electron chi connectivity index (χ2n) is 6.05. The number of anilines is 2. The first kappa shape index (κ1) is 18.3. The van der Waals surface area contributed by atoms with E-state index < -0.39 is 0 Å². The number of nitrogens with one attached hydrogen (secondary N) is 2. The summed E-state index contributed by atoms with van der Waals surface area (Å²) in [5.41, 5.74) is 2.80. The zero-order valence-electron chi connectivity index (χ0n) is 15.0. The molecule has 0 unspecified atom stereocenters. The summed E-state index contributed by atoms with van der Waals surface area (Å²) in [4.78, 5) is 31.9. The van der Waals surface area contributed by atoms with Crippen molar-refractivity contribution in [3.63, 3.8) is 0 Å². The Kier molecular flexibility index (Phi) is 5.89. The fraction of sp³-hybridized carbons (Fsp3) is 0.143. The summed E-state index contributed by atoms with van der Waals surface area (Å²) in [6, 6.07) is 16.9. The zero-order chi connectivity index (χ0) is 19.1. The molecule has 2 aromatic carbocycles. The van der Waals surface area contributed by atoms with Gasteiger partial charge in [0, 0.05) is 30.2 Å². The smallest absolute Gasteiger partial charge is 0.258 e. The fourth-order valence-electron chi connectivity index (χ4n) is 2.49. The van der Waals surface area contributed by atoms with Crippen molar-refractivity contribution in [2.45, 2.75) is 13.3 Å². The highest BCUT2D eigenvalue weighted by Crippen LogP contribution is 2.12. The molecule has 0 saturated carbocycles. The van der Waals surface area contributed by atoms with Crippen molar-refractivity contribution in [1.82, 2.24) is 9.97 Å². The molecule has 1 heterocycles. The van der Waals surface area contributed by atoms with Gasteiger partial charge in [-0.1, -0.05) is 30.3 Å². The monoisotopic (exact) mass is 360 g/mol. The van der Waals surface area contributed by atoms with Crippen molar-refractivity contribution in [2.75, 3.05) is 17.2 Å². The van der Waals surface area contributed by atoms with Gasteiger partial charge >= 0.3 is 0 Å². The Morgan fingerprint density at radius 2 is 1.56 bits per heavy atom. The van der Waals surface area contributed by atoms with E-state index in [0.717, 1.165) is 6.42 Å². The minimum absolute atomic E-state index is 0.0170. The van der Waals surface area contributed by atoms with Gasteiger partial charge < -0.3 is 10.6 Å². The zero-order valence-corrected chi connectivity index (χ0v) is 15.0. The molecule has 0 atom stereocenters. The maximum atomic E-state index is 12.3. The van der Waals surface area contributed by atoms with Crippen LogP contribution in [0.4, 0.5) is 11.6 Å². The van der Waals surface area contributed by atoms with Crippen molar-refractivity contribution in [3.8, 4) is 0 Å². The van der Waals surface area contributed by atoms with Crippen LogP contribution in [0.2, 0.25) is 0 Å². The Hall–Kier alpha value is -3.54. The summed E-state index contributed by atoms with van der Waals surface area (Å²) < 4.78 is 0. The van der Waals surface area contributed by atoms with Crippen molar-refractivity contribution in [1.29, 1.82) is 0 Å². The number of hydrogen-bond acceptors (Lipinski definition) is 5. The van der Waals surface area contributed by atoms with Crippen LogP contribution in [-0.2, 0) is 6.42 Å². The quantitative estimate of drug-likeness (QED) is 0.629. The van der Waals surface area contributed by atoms with Gasteiger partial charge in [-0.25, -0.2) is 9.97 Å². The molecule has 1 aromatic heterocycles. The molecular formula is C21H20N4O2. The van der Waals surface area contributed by atoms with Gasteiger partial charge in [0.1, 0.15) is 0 Å². The first-order valence-electron chi connectivity index (χ1n) is 8.64. The van der Waals surface area contributed by atoms with E-state index >= 15 is 0 Å². The number of aromatic nitrogens is 2. The van der Waals surface area contributed by atoms with Crippen LogP contribution in [0.1, 0.15) is 33.2 Å². The second kappa shape index (κ2) is 8.71. The Balaban J connectivity index is 1.53.